The van der Waals surface area contributed by atoms with Crippen LogP contribution >= 0.6 is 0 Å². The summed E-state index contributed by atoms with van der Waals surface area (Å²) in [6, 6.07) is 0. The fourth-order valence-corrected chi connectivity index (χ4v) is 3.77. The lowest BCUT2D eigenvalue weighted by atomic mass is 9.98. The maximum absolute atomic E-state index is 13.5. The molecule has 18 heteroatoms. The van der Waals surface area contributed by atoms with E-state index in [-0.39, 0.29) is 0 Å². The van der Waals surface area contributed by atoms with Gasteiger partial charge in [0.15, 0.2) is 0 Å². The molecule has 0 unspecified atom stereocenters. The largest absolute Gasteiger partial charge is 0.443 e. The zero-order chi connectivity index (χ0) is 23.9. The number of carbonyl (C=O) groups excluding carboxylic acids is 1. The van der Waals surface area contributed by atoms with Crippen molar-refractivity contribution in [1.29, 1.82) is 0 Å². The van der Waals surface area contributed by atoms with Crippen LogP contribution < -0.4 is 0 Å². The highest BCUT2D eigenvalue weighted by Crippen LogP contribution is 2.45. The van der Waals surface area contributed by atoms with Crippen molar-refractivity contribution >= 4 is 16.0 Å². The maximum atomic E-state index is 13.5. The summed E-state index contributed by atoms with van der Waals surface area (Å²) < 4.78 is 178. The van der Waals surface area contributed by atoms with Gasteiger partial charge in [-0.05, 0) is 12.8 Å². The molecule has 1 heterocycles. The Morgan fingerprint density at radius 2 is 1.27 bits per heavy atom. The minimum atomic E-state index is -6.43. The fraction of sp³-hybridized carbons (Fsp3) is 0.917. The summed E-state index contributed by atoms with van der Waals surface area (Å²) in [4.78, 5) is 11.5. The van der Waals surface area contributed by atoms with Crippen molar-refractivity contribution in [1.82, 2.24) is 4.31 Å². The Balaban J connectivity index is 2.92. The monoisotopic (exact) mass is 493 g/mol. The predicted octanol–water partition coefficient (Wildman–Crippen LogP) is 3.56. The molecular weight excluding hydrogens is 482 g/mol. The molecule has 5 nitrogen and oxygen atoms in total. The average molecular weight is 493 g/mol. The molecule has 1 saturated heterocycles. The summed E-state index contributed by atoms with van der Waals surface area (Å²) in [5, 5.41) is -6.28. The van der Waals surface area contributed by atoms with Gasteiger partial charge in [0.1, 0.15) is 0 Å². The van der Waals surface area contributed by atoms with E-state index >= 15 is 0 Å². The summed E-state index contributed by atoms with van der Waals surface area (Å²) in [5.74, 6) is -10.2. The van der Waals surface area contributed by atoms with Gasteiger partial charge in [-0.3, -0.25) is 4.79 Å². The van der Waals surface area contributed by atoms with Gasteiger partial charge in [-0.1, -0.05) is 0 Å². The molecular formula is C12H11F12NO4S. The SMILES string of the molecule is O=C(OC(C(F)(F)F)C(F)(F)F)C1CCN(S(=O)(=O)C(F)(F)C(F)(F)C(F)F)CC1. The van der Waals surface area contributed by atoms with Crippen molar-refractivity contribution in [2.24, 2.45) is 5.92 Å². The van der Waals surface area contributed by atoms with Crippen LogP contribution in [-0.2, 0) is 19.6 Å². The van der Waals surface area contributed by atoms with Gasteiger partial charge in [-0.25, -0.2) is 17.2 Å². The van der Waals surface area contributed by atoms with Crippen LogP contribution in [0.2, 0.25) is 0 Å². The first-order valence-corrected chi connectivity index (χ1v) is 8.98. The number of halogens is 12. The van der Waals surface area contributed by atoms with Gasteiger partial charge in [0.25, 0.3) is 16.1 Å². The van der Waals surface area contributed by atoms with Gasteiger partial charge in [0, 0.05) is 13.1 Å². The van der Waals surface area contributed by atoms with Gasteiger partial charge in [0.05, 0.1) is 5.92 Å². The number of piperidine rings is 1. The highest BCUT2D eigenvalue weighted by Gasteiger charge is 2.72. The summed E-state index contributed by atoms with van der Waals surface area (Å²) in [6.45, 7) is -2.50. The van der Waals surface area contributed by atoms with Gasteiger partial charge in [0.2, 0.25) is 0 Å². The summed E-state index contributed by atoms with van der Waals surface area (Å²) in [7, 11) is -6.43. The van der Waals surface area contributed by atoms with Crippen LogP contribution in [-0.4, -0.2) is 67.8 Å². The van der Waals surface area contributed by atoms with Gasteiger partial charge >= 0.3 is 35.9 Å². The molecule has 1 rings (SSSR count). The molecule has 0 atom stereocenters. The van der Waals surface area contributed by atoms with Crippen molar-refractivity contribution in [2.45, 2.75) is 48.9 Å². The topological polar surface area (TPSA) is 63.7 Å². The van der Waals surface area contributed by atoms with Crippen molar-refractivity contribution in [3.8, 4) is 0 Å². The lowest BCUT2D eigenvalue weighted by Gasteiger charge is -2.35. The van der Waals surface area contributed by atoms with E-state index < -0.39 is 88.2 Å². The third-order valence-corrected chi connectivity index (χ3v) is 5.91. The molecule has 0 aromatic heterocycles. The highest BCUT2D eigenvalue weighted by molar-refractivity contribution is 7.90. The van der Waals surface area contributed by atoms with Crippen molar-refractivity contribution in [3.63, 3.8) is 0 Å². The Bertz CT molecular complexity index is 710. The first-order chi connectivity index (χ1) is 13.2. The van der Waals surface area contributed by atoms with Crippen LogP contribution in [0, 0.1) is 5.92 Å². The Morgan fingerprint density at radius 3 is 1.60 bits per heavy atom. The van der Waals surface area contributed by atoms with Crippen LogP contribution in [0.1, 0.15) is 12.8 Å². The number of carbonyl (C=O) groups is 1. The number of hydrogen-bond donors (Lipinski definition) is 0. The van der Waals surface area contributed by atoms with Crippen molar-refractivity contribution in [3.05, 3.63) is 0 Å². The number of nitrogens with zero attached hydrogens (tertiary/aromatic N) is 1. The second-order valence-corrected chi connectivity index (χ2v) is 8.00. The molecule has 0 aliphatic carbocycles. The van der Waals surface area contributed by atoms with Gasteiger partial charge in [-0.15, -0.1) is 0 Å². The molecule has 0 aromatic rings. The van der Waals surface area contributed by atoms with E-state index in [0.717, 1.165) is 0 Å². The molecule has 1 aliphatic heterocycles. The molecule has 0 bridgehead atoms. The quantitative estimate of drug-likeness (QED) is 0.420. The minimum Gasteiger partial charge on any atom is -0.443 e. The molecule has 0 aromatic carbocycles. The molecule has 178 valence electrons. The molecule has 0 spiro atoms. The molecule has 30 heavy (non-hydrogen) atoms. The zero-order valence-corrected chi connectivity index (χ0v) is 14.9. The Hall–Kier alpha value is -1.46. The Morgan fingerprint density at radius 1 is 0.867 bits per heavy atom. The number of alkyl halides is 12. The average Bonchev–Trinajstić information content (AvgIpc) is 2.56. The lowest BCUT2D eigenvalue weighted by molar-refractivity contribution is -0.314. The van der Waals surface area contributed by atoms with Gasteiger partial charge < -0.3 is 4.74 Å². The van der Waals surface area contributed by atoms with Crippen LogP contribution in [0.25, 0.3) is 0 Å². The Labute approximate surface area is 160 Å². The predicted molar refractivity (Wildman–Crippen MR) is 71.1 cm³/mol. The van der Waals surface area contributed by atoms with Crippen molar-refractivity contribution < 1.29 is 70.6 Å². The maximum Gasteiger partial charge on any atom is 0.434 e. The van der Waals surface area contributed by atoms with E-state index in [9.17, 15) is 65.9 Å². The molecule has 0 amide bonds. The molecule has 1 fully saturated rings. The van der Waals surface area contributed by atoms with E-state index in [1.807, 2.05) is 0 Å². The molecule has 0 N–H and O–H groups in total. The van der Waals surface area contributed by atoms with E-state index in [1.165, 1.54) is 0 Å². The zero-order valence-electron chi connectivity index (χ0n) is 14.1. The summed E-state index contributed by atoms with van der Waals surface area (Å²) in [6.07, 6.45) is -23.6. The van der Waals surface area contributed by atoms with Crippen LogP contribution in [0.15, 0.2) is 0 Å². The lowest BCUT2D eigenvalue weighted by Crippen LogP contribution is -2.57. The molecule has 1 aliphatic rings. The first-order valence-electron chi connectivity index (χ1n) is 7.54. The van der Waals surface area contributed by atoms with Gasteiger partial charge in [-0.2, -0.15) is 48.2 Å². The number of rotatable bonds is 6. The smallest absolute Gasteiger partial charge is 0.434 e. The first kappa shape index (κ1) is 26.6. The van der Waals surface area contributed by atoms with E-state index in [1.54, 1.807) is 0 Å². The van der Waals surface area contributed by atoms with E-state index in [2.05, 4.69) is 4.74 Å². The van der Waals surface area contributed by atoms with Crippen LogP contribution in [0.4, 0.5) is 52.7 Å². The molecule has 0 saturated carbocycles. The van der Waals surface area contributed by atoms with Crippen molar-refractivity contribution in [2.75, 3.05) is 13.1 Å². The van der Waals surface area contributed by atoms with Crippen LogP contribution in [0.5, 0.6) is 0 Å². The normalized spacial score (nSPS) is 18.9. The number of sulfonamides is 1. The second-order valence-electron chi connectivity index (χ2n) is 6.02. The Kier molecular flexibility index (Phi) is 7.29. The number of hydrogen-bond acceptors (Lipinski definition) is 4. The van der Waals surface area contributed by atoms with E-state index in [4.69, 9.17) is 0 Å². The fourth-order valence-electron chi connectivity index (χ4n) is 2.32. The molecule has 0 radical (unpaired) electrons. The summed E-state index contributed by atoms with van der Waals surface area (Å²) in [5.41, 5.74) is 0. The standard InChI is InChI=1S/C12H11F12NO4S/c13-8(14)9(15,16)12(23,24)30(27,28)25-3-1-5(2-4-25)6(26)29-7(10(17,18)19)11(20,21)22/h5,7-8H,1-4H2. The third-order valence-electron chi connectivity index (χ3n) is 3.94. The second kappa shape index (κ2) is 8.23. The number of ether oxygens (including phenoxy) is 1. The van der Waals surface area contributed by atoms with Crippen LogP contribution in [0.3, 0.4) is 0 Å². The third kappa shape index (κ3) is 5.05. The van der Waals surface area contributed by atoms with E-state index in [0.29, 0.717) is 0 Å². The number of esters is 1. The summed E-state index contributed by atoms with van der Waals surface area (Å²) >= 11 is 0. The minimum absolute atomic E-state index is 0.419. The highest BCUT2D eigenvalue weighted by atomic mass is 32.2.